The largest absolute Gasteiger partial charge is 0.493 e. The number of carbonyl (C=O) groups excluding carboxylic acids is 1. The summed E-state index contributed by atoms with van der Waals surface area (Å²) < 4.78 is 5.71. The van der Waals surface area contributed by atoms with E-state index in [1.165, 1.54) is 12.8 Å². The monoisotopic (exact) mass is 324 g/mol. The Balaban J connectivity index is 0.00000176. The summed E-state index contributed by atoms with van der Waals surface area (Å²) in [5.41, 5.74) is 0.745. The van der Waals surface area contributed by atoms with Crippen LogP contribution in [0.4, 0.5) is 0 Å². The van der Waals surface area contributed by atoms with E-state index < -0.39 is 0 Å². The van der Waals surface area contributed by atoms with E-state index in [9.17, 15) is 4.79 Å². The fourth-order valence-electron chi connectivity index (χ4n) is 2.76. The van der Waals surface area contributed by atoms with E-state index >= 15 is 0 Å². The van der Waals surface area contributed by atoms with Crippen molar-refractivity contribution in [3.05, 3.63) is 29.8 Å². The Hall–Kier alpha value is -1.26. The Kier molecular flexibility index (Phi) is 6.09. The predicted molar refractivity (Wildman–Crippen MR) is 89.9 cm³/mol. The molecule has 3 rings (SSSR count). The van der Waals surface area contributed by atoms with Crippen LogP contribution in [-0.2, 0) is 0 Å². The molecule has 5 heteroatoms. The highest BCUT2D eigenvalue weighted by Crippen LogP contribution is 2.29. The van der Waals surface area contributed by atoms with Gasteiger partial charge in [0.15, 0.2) is 0 Å². The first-order valence-electron chi connectivity index (χ1n) is 7.95. The van der Waals surface area contributed by atoms with Crippen molar-refractivity contribution in [1.29, 1.82) is 0 Å². The lowest BCUT2D eigenvalue weighted by atomic mass is 10.0. The number of benzene rings is 1. The summed E-state index contributed by atoms with van der Waals surface area (Å²) >= 11 is 0. The van der Waals surface area contributed by atoms with Crippen LogP contribution in [0.2, 0.25) is 0 Å². The van der Waals surface area contributed by atoms with E-state index in [2.05, 4.69) is 5.32 Å². The van der Waals surface area contributed by atoms with E-state index in [-0.39, 0.29) is 18.3 Å². The van der Waals surface area contributed by atoms with Crippen LogP contribution in [0.15, 0.2) is 24.3 Å². The van der Waals surface area contributed by atoms with Gasteiger partial charge in [0.05, 0.1) is 6.61 Å². The highest BCUT2D eigenvalue weighted by molar-refractivity contribution is 5.94. The predicted octanol–water partition coefficient (Wildman–Crippen LogP) is 2.72. The number of ether oxygens (including phenoxy) is 1. The second-order valence-corrected chi connectivity index (χ2v) is 6.18. The zero-order valence-electron chi connectivity index (χ0n) is 13.1. The number of hydrogen-bond donors (Lipinski definition) is 1. The molecule has 0 unspecified atom stereocenters. The molecule has 22 heavy (non-hydrogen) atoms. The highest BCUT2D eigenvalue weighted by Gasteiger charge is 2.23. The van der Waals surface area contributed by atoms with Gasteiger partial charge < -0.3 is 15.0 Å². The molecule has 0 spiro atoms. The van der Waals surface area contributed by atoms with Gasteiger partial charge >= 0.3 is 0 Å². The molecule has 1 aliphatic heterocycles. The fraction of sp³-hybridized carbons (Fsp3) is 0.588. The molecular weight excluding hydrogens is 300 g/mol. The molecule has 1 saturated heterocycles. The molecule has 1 aromatic carbocycles. The summed E-state index contributed by atoms with van der Waals surface area (Å²) in [6.45, 7) is 2.80. The van der Waals surface area contributed by atoms with Crippen molar-refractivity contribution in [1.82, 2.24) is 10.2 Å². The second-order valence-electron chi connectivity index (χ2n) is 6.18. The zero-order chi connectivity index (χ0) is 14.7. The maximum atomic E-state index is 12.5. The van der Waals surface area contributed by atoms with Crippen LogP contribution in [0.25, 0.3) is 0 Å². The highest BCUT2D eigenvalue weighted by atomic mass is 35.5. The lowest BCUT2D eigenvalue weighted by molar-refractivity contribution is 0.0703. The van der Waals surface area contributed by atoms with Gasteiger partial charge in [-0.25, -0.2) is 0 Å². The standard InChI is InChI=1S/C17H24N2O2.ClH/c1-19(15-8-10-18-11-9-15)17(20)14-4-6-16(7-5-14)21-12-13-2-3-13;/h4-7,13,15,18H,2-3,8-12H2,1H3;1H. The first-order chi connectivity index (χ1) is 10.2. The molecule has 2 fully saturated rings. The normalized spacial score (nSPS) is 18.4. The quantitative estimate of drug-likeness (QED) is 0.905. The zero-order valence-corrected chi connectivity index (χ0v) is 13.9. The summed E-state index contributed by atoms with van der Waals surface area (Å²) in [4.78, 5) is 14.4. The molecule has 1 saturated carbocycles. The first-order valence-corrected chi connectivity index (χ1v) is 7.95. The van der Waals surface area contributed by atoms with Crippen LogP contribution in [0.5, 0.6) is 5.75 Å². The lowest BCUT2D eigenvalue weighted by Gasteiger charge is -2.31. The fourth-order valence-corrected chi connectivity index (χ4v) is 2.76. The molecular formula is C17H25ClN2O2. The maximum absolute atomic E-state index is 12.5. The number of piperidine rings is 1. The van der Waals surface area contributed by atoms with Gasteiger partial charge in [-0.1, -0.05) is 0 Å². The third kappa shape index (κ3) is 4.37. The summed E-state index contributed by atoms with van der Waals surface area (Å²) in [6, 6.07) is 7.92. The molecule has 0 bridgehead atoms. The van der Waals surface area contributed by atoms with Crippen molar-refractivity contribution in [3.63, 3.8) is 0 Å². The second kappa shape index (κ2) is 7.84. The Morgan fingerprint density at radius 3 is 2.41 bits per heavy atom. The summed E-state index contributed by atoms with van der Waals surface area (Å²) in [6.07, 6.45) is 4.64. The molecule has 0 radical (unpaired) electrons. The van der Waals surface area contributed by atoms with Crippen LogP contribution in [0.3, 0.4) is 0 Å². The number of nitrogens with zero attached hydrogens (tertiary/aromatic N) is 1. The van der Waals surface area contributed by atoms with E-state index in [1.807, 2.05) is 36.2 Å². The molecule has 1 amide bonds. The molecule has 1 N–H and O–H groups in total. The molecule has 0 aromatic heterocycles. The molecule has 1 aromatic rings. The molecule has 0 atom stereocenters. The van der Waals surface area contributed by atoms with Crippen molar-refractivity contribution in [2.75, 3.05) is 26.7 Å². The Labute approximate surface area is 138 Å². The summed E-state index contributed by atoms with van der Waals surface area (Å²) in [7, 11) is 1.91. The molecule has 4 nitrogen and oxygen atoms in total. The number of nitrogens with one attached hydrogen (secondary N) is 1. The Bertz CT molecular complexity index is 482. The van der Waals surface area contributed by atoms with Crippen LogP contribution < -0.4 is 10.1 Å². The minimum absolute atomic E-state index is 0. The van der Waals surface area contributed by atoms with Crippen LogP contribution in [0, 0.1) is 5.92 Å². The topological polar surface area (TPSA) is 41.6 Å². The minimum Gasteiger partial charge on any atom is -0.493 e. The SMILES string of the molecule is CN(C(=O)c1ccc(OCC2CC2)cc1)C1CCNCC1.Cl. The molecule has 1 aliphatic carbocycles. The summed E-state index contributed by atoms with van der Waals surface area (Å²) in [5, 5.41) is 3.33. The average molecular weight is 325 g/mol. The first kappa shape index (κ1) is 17.1. The van der Waals surface area contributed by atoms with Gasteiger partial charge in [0.2, 0.25) is 0 Å². The number of amides is 1. The van der Waals surface area contributed by atoms with Gasteiger partial charge in [-0.05, 0) is 69.0 Å². The van der Waals surface area contributed by atoms with Gasteiger partial charge in [0.1, 0.15) is 5.75 Å². The van der Waals surface area contributed by atoms with E-state index in [0.29, 0.717) is 6.04 Å². The van der Waals surface area contributed by atoms with Crippen molar-refractivity contribution < 1.29 is 9.53 Å². The Morgan fingerprint density at radius 2 is 1.82 bits per heavy atom. The maximum Gasteiger partial charge on any atom is 0.253 e. The number of halogens is 1. The number of carbonyl (C=O) groups is 1. The number of rotatable bonds is 5. The van der Waals surface area contributed by atoms with Gasteiger partial charge in [-0.2, -0.15) is 0 Å². The average Bonchev–Trinajstić information content (AvgIpc) is 3.37. The lowest BCUT2D eigenvalue weighted by Crippen LogP contribution is -2.43. The molecule has 122 valence electrons. The molecule has 2 aliphatic rings. The summed E-state index contributed by atoms with van der Waals surface area (Å²) in [5.74, 6) is 1.72. The van der Waals surface area contributed by atoms with Crippen LogP contribution in [0.1, 0.15) is 36.0 Å². The van der Waals surface area contributed by atoms with Crippen LogP contribution in [-0.4, -0.2) is 43.6 Å². The van der Waals surface area contributed by atoms with Crippen LogP contribution >= 0.6 is 12.4 Å². The van der Waals surface area contributed by atoms with Crippen molar-refractivity contribution in [2.45, 2.75) is 31.7 Å². The van der Waals surface area contributed by atoms with E-state index in [0.717, 1.165) is 49.8 Å². The van der Waals surface area contributed by atoms with Gasteiger partial charge in [0.25, 0.3) is 5.91 Å². The van der Waals surface area contributed by atoms with E-state index in [1.54, 1.807) is 0 Å². The van der Waals surface area contributed by atoms with Crippen molar-refractivity contribution >= 4 is 18.3 Å². The van der Waals surface area contributed by atoms with E-state index in [4.69, 9.17) is 4.74 Å². The Morgan fingerprint density at radius 1 is 1.18 bits per heavy atom. The van der Waals surface area contributed by atoms with Crippen molar-refractivity contribution in [2.24, 2.45) is 5.92 Å². The van der Waals surface area contributed by atoms with Crippen molar-refractivity contribution in [3.8, 4) is 5.75 Å². The number of hydrogen-bond acceptors (Lipinski definition) is 3. The van der Waals surface area contributed by atoms with Gasteiger partial charge in [-0.15, -0.1) is 12.4 Å². The third-order valence-electron chi connectivity index (χ3n) is 4.46. The minimum atomic E-state index is 0. The third-order valence-corrected chi connectivity index (χ3v) is 4.46. The molecule has 1 heterocycles. The smallest absolute Gasteiger partial charge is 0.253 e. The van der Waals surface area contributed by atoms with Gasteiger partial charge in [0, 0.05) is 18.7 Å². The van der Waals surface area contributed by atoms with Gasteiger partial charge in [-0.3, -0.25) is 4.79 Å².